The minimum absolute atomic E-state index is 0.00151. The normalized spacial score (nSPS) is 19.9. The van der Waals surface area contributed by atoms with Crippen LogP contribution in [0, 0.1) is 0 Å². The van der Waals surface area contributed by atoms with Gasteiger partial charge in [0.05, 0.1) is 19.3 Å². The van der Waals surface area contributed by atoms with Gasteiger partial charge in [0.25, 0.3) is 11.8 Å². The van der Waals surface area contributed by atoms with E-state index in [0.717, 1.165) is 11.3 Å². The second-order valence-electron chi connectivity index (χ2n) is 7.50. The fraction of sp³-hybridized carbons (Fsp3) is 0.182. The van der Waals surface area contributed by atoms with Gasteiger partial charge in [-0.15, -0.1) is 0 Å². The van der Waals surface area contributed by atoms with Crippen molar-refractivity contribution in [2.24, 2.45) is 0 Å². The van der Waals surface area contributed by atoms with E-state index in [0.29, 0.717) is 23.4 Å². The monoisotopic (exact) mass is 417 g/mol. The Morgan fingerprint density at radius 3 is 2.58 bits per heavy atom. The zero-order valence-corrected chi connectivity index (χ0v) is 16.7. The molecule has 5 rings (SSSR count). The Morgan fingerprint density at radius 1 is 1.13 bits per heavy atom. The van der Waals surface area contributed by atoms with Crippen LogP contribution in [0.15, 0.2) is 60.9 Å². The molecule has 1 aromatic heterocycles. The third-order valence-electron chi connectivity index (χ3n) is 5.69. The number of amides is 4. The van der Waals surface area contributed by atoms with Crippen LogP contribution in [0.2, 0.25) is 0 Å². The molecule has 4 amide bonds. The molecule has 2 N–H and O–H groups in total. The summed E-state index contributed by atoms with van der Waals surface area (Å²) in [5.74, 6) is -0.0333. The number of urea groups is 1. The number of carbonyl (C=O) groups is 3. The quantitative estimate of drug-likeness (QED) is 0.613. The van der Waals surface area contributed by atoms with E-state index in [1.54, 1.807) is 47.2 Å². The average molecular weight is 417 g/mol. The van der Waals surface area contributed by atoms with E-state index in [1.807, 2.05) is 30.5 Å². The summed E-state index contributed by atoms with van der Waals surface area (Å²) in [6, 6.07) is 13.6. The lowest BCUT2D eigenvalue weighted by molar-refractivity contribution is -0.124. The van der Waals surface area contributed by atoms with Crippen molar-refractivity contribution < 1.29 is 19.1 Å². The zero-order chi connectivity index (χ0) is 21.6. The topological polar surface area (TPSA) is 106 Å². The summed E-state index contributed by atoms with van der Waals surface area (Å²) >= 11 is 0. The van der Waals surface area contributed by atoms with Gasteiger partial charge in [0.2, 0.25) is 0 Å². The predicted molar refractivity (Wildman–Crippen MR) is 110 cm³/mol. The van der Waals surface area contributed by atoms with Gasteiger partial charge >= 0.3 is 6.03 Å². The molecule has 156 valence electrons. The van der Waals surface area contributed by atoms with E-state index in [-0.39, 0.29) is 12.5 Å². The number of nitrogens with one attached hydrogen (secondary N) is 2. The van der Waals surface area contributed by atoms with E-state index in [9.17, 15) is 14.4 Å². The molecule has 3 aromatic rings. The van der Waals surface area contributed by atoms with Gasteiger partial charge in [0.15, 0.2) is 5.54 Å². The van der Waals surface area contributed by atoms with Gasteiger partial charge in [0, 0.05) is 24.5 Å². The molecule has 0 aliphatic carbocycles. The highest BCUT2D eigenvalue weighted by molar-refractivity contribution is 6.08. The molecule has 0 radical (unpaired) electrons. The number of ether oxygens (including phenoxy) is 1. The number of fused-ring (bicyclic) bond motifs is 1. The first-order valence-corrected chi connectivity index (χ1v) is 9.70. The van der Waals surface area contributed by atoms with Crippen LogP contribution in [-0.4, -0.2) is 46.2 Å². The summed E-state index contributed by atoms with van der Waals surface area (Å²) in [7, 11) is 1.57. The van der Waals surface area contributed by atoms with Crippen LogP contribution in [0.25, 0.3) is 5.69 Å². The smallest absolute Gasteiger partial charge is 0.322 e. The highest BCUT2D eigenvalue weighted by Gasteiger charge is 2.50. The van der Waals surface area contributed by atoms with E-state index >= 15 is 0 Å². The summed E-state index contributed by atoms with van der Waals surface area (Å²) in [6.45, 7) is 0.323. The molecule has 0 saturated carbocycles. The minimum atomic E-state index is -1.39. The Morgan fingerprint density at radius 2 is 1.94 bits per heavy atom. The molecule has 2 aliphatic heterocycles. The van der Waals surface area contributed by atoms with Crippen molar-refractivity contribution in [3.8, 4) is 11.4 Å². The Hall–Kier alpha value is -4.14. The number of imide groups is 1. The van der Waals surface area contributed by atoms with Gasteiger partial charge < -0.3 is 15.0 Å². The molecule has 1 atom stereocenters. The Kier molecular flexibility index (Phi) is 4.25. The van der Waals surface area contributed by atoms with E-state index < -0.39 is 17.5 Å². The van der Waals surface area contributed by atoms with Crippen LogP contribution in [0.3, 0.4) is 0 Å². The second kappa shape index (κ2) is 6.98. The Labute approximate surface area is 177 Å². The first kappa shape index (κ1) is 18.9. The molecular weight excluding hydrogens is 398 g/mol. The fourth-order valence-electron chi connectivity index (χ4n) is 4.12. The van der Waals surface area contributed by atoms with Crippen molar-refractivity contribution in [3.05, 3.63) is 77.6 Å². The van der Waals surface area contributed by atoms with Gasteiger partial charge in [-0.05, 0) is 47.5 Å². The van der Waals surface area contributed by atoms with Gasteiger partial charge in [-0.2, -0.15) is 5.10 Å². The Balaban J connectivity index is 1.48. The predicted octanol–water partition coefficient (Wildman–Crippen LogP) is 1.57. The second-order valence-corrected chi connectivity index (χ2v) is 7.50. The molecule has 9 heteroatoms. The average Bonchev–Trinajstić information content (AvgIpc) is 3.48. The number of benzene rings is 2. The van der Waals surface area contributed by atoms with E-state index in [1.165, 1.54) is 0 Å². The number of carbonyl (C=O) groups excluding carboxylic acids is 3. The number of aromatic nitrogens is 2. The van der Waals surface area contributed by atoms with E-state index in [4.69, 9.17) is 4.74 Å². The summed E-state index contributed by atoms with van der Waals surface area (Å²) in [6.07, 6.45) is 3.48. The molecule has 1 fully saturated rings. The maximum Gasteiger partial charge on any atom is 0.322 e. The van der Waals surface area contributed by atoms with Crippen molar-refractivity contribution in [2.45, 2.75) is 12.1 Å². The van der Waals surface area contributed by atoms with Gasteiger partial charge in [-0.3, -0.25) is 14.9 Å². The molecule has 2 aliphatic rings. The van der Waals surface area contributed by atoms with Crippen molar-refractivity contribution in [1.82, 2.24) is 25.3 Å². The lowest BCUT2D eigenvalue weighted by Crippen LogP contribution is -2.52. The van der Waals surface area contributed by atoms with Crippen LogP contribution in [0.1, 0.15) is 21.5 Å². The molecule has 1 saturated heterocycles. The van der Waals surface area contributed by atoms with E-state index in [2.05, 4.69) is 15.7 Å². The zero-order valence-electron chi connectivity index (χ0n) is 16.7. The molecule has 31 heavy (non-hydrogen) atoms. The largest absolute Gasteiger partial charge is 0.497 e. The van der Waals surface area contributed by atoms with Crippen molar-refractivity contribution in [2.75, 3.05) is 13.7 Å². The highest BCUT2D eigenvalue weighted by atomic mass is 16.5. The molecule has 9 nitrogen and oxygen atoms in total. The summed E-state index contributed by atoms with van der Waals surface area (Å²) < 4.78 is 6.94. The lowest BCUT2D eigenvalue weighted by atomic mass is 9.89. The van der Waals surface area contributed by atoms with Crippen LogP contribution >= 0.6 is 0 Å². The van der Waals surface area contributed by atoms with Crippen molar-refractivity contribution in [1.29, 1.82) is 0 Å². The van der Waals surface area contributed by atoms with Crippen molar-refractivity contribution >= 4 is 17.8 Å². The molecule has 1 unspecified atom stereocenters. The molecule has 2 aromatic carbocycles. The number of methoxy groups -OCH3 is 1. The number of hydrogen-bond acceptors (Lipinski definition) is 5. The van der Waals surface area contributed by atoms with Crippen LogP contribution < -0.4 is 15.4 Å². The maximum atomic E-state index is 13.0. The first-order chi connectivity index (χ1) is 15.0. The standard InChI is InChI=1S/C22H19N5O4/c1-31-17-7-8-18-14(11-17)12-26(19(18)28)13-22(20(29)24-21(30)25-22)15-3-5-16(6-4-15)27-10-2-9-23-27/h2-11H,12-13H2,1H3,(H2,24,25,29,30). The third kappa shape index (κ3) is 3.02. The summed E-state index contributed by atoms with van der Waals surface area (Å²) in [5.41, 5.74) is 1.38. The fourth-order valence-corrected chi connectivity index (χ4v) is 4.12. The number of nitrogens with zero attached hydrogens (tertiary/aromatic N) is 3. The number of hydrogen-bond donors (Lipinski definition) is 2. The third-order valence-corrected chi connectivity index (χ3v) is 5.69. The molecule has 3 heterocycles. The summed E-state index contributed by atoms with van der Waals surface area (Å²) in [5, 5.41) is 9.25. The highest BCUT2D eigenvalue weighted by Crippen LogP contribution is 2.32. The molecule has 0 spiro atoms. The van der Waals surface area contributed by atoms with Crippen molar-refractivity contribution in [3.63, 3.8) is 0 Å². The lowest BCUT2D eigenvalue weighted by Gasteiger charge is -2.31. The van der Waals surface area contributed by atoms with Gasteiger partial charge in [-0.25, -0.2) is 9.48 Å². The first-order valence-electron chi connectivity index (χ1n) is 9.70. The van der Waals surface area contributed by atoms with Crippen LogP contribution in [0.4, 0.5) is 4.79 Å². The SMILES string of the molecule is COc1ccc2c(c1)CN(CC1(c3ccc(-n4cccn4)cc3)NC(=O)NC1=O)C2=O. The van der Waals surface area contributed by atoms with Gasteiger partial charge in [0.1, 0.15) is 5.75 Å². The molecule has 0 bridgehead atoms. The van der Waals surface area contributed by atoms with Crippen LogP contribution in [0.5, 0.6) is 5.75 Å². The van der Waals surface area contributed by atoms with Gasteiger partial charge in [-0.1, -0.05) is 12.1 Å². The minimum Gasteiger partial charge on any atom is -0.497 e. The molecular formula is C22H19N5O4. The maximum absolute atomic E-state index is 13.0. The Bertz CT molecular complexity index is 1190. The summed E-state index contributed by atoms with van der Waals surface area (Å²) in [4.78, 5) is 39.5. The van der Waals surface area contributed by atoms with Crippen LogP contribution in [-0.2, 0) is 16.9 Å². The number of rotatable bonds is 5.